The van der Waals surface area contributed by atoms with E-state index in [1.807, 2.05) is 0 Å². The van der Waals surface area contributed by atoms with Crippen LogP contribution in [0.2, 0.25) is 0 Å². The molecule has 0 aliphatic carbocycles. The van der Waals surface area contributed by atoms with Gasteiger partial charge in [-0.15, -0.1) is 0 Å². The Balaban J connectivity index is 2.29. The number of hydrogen-bond donors (Lipinski definition) is 1. The van der Waals surface area contributed by atoms with Crippen molar-refractivity contribution in [3.05, 3.63) is 29.8 Å². The summed E-state index contributed by atoms with van der Waals surface area (Å²) < 4.78 is 30.7. The summed E-state index contributed by atoms with van der Waals surface area (Å²) in [4.78, 5) is 0. The van der Waals surface area contributed by atoms with E-state index in [-0.39, 0.29) is 0 Å². The first-order chi connectivity index (χ1) is 7.63. The zero-order valence-electron chi connectivity index (χ0n) is 9.59. The van der Waals surface area contributed by atoms with Gasteiger partial charge >= 0.3 is 0 Å². The third-order valence-electron chi connectivity index (χ3n) is 2.37. The van der Waals surface area contributed by atoms with Crippen LogP contribution in [0.1, 0.15) is 20.3 Å². The molecule has 1 aromatic rings. The molecule has 0 fully saturated rings. The number of rotatable bonds is 6. The van der Waals surface area contributed by atoms with Crippen LogP contribution in [0.25, 0.3) is 0 Å². The Kier molecular flexibility index (Phi) is 5.19. The molecule has 0 amide bonds. The fourth-order valence-corrected chi connectivity index (χ4v) is 1.19. The molecule has 1 rings (SSSR count). The zero-order chi connectivity index (χ0) is 12.0. The molecule has 16 heavy (non-hydrogen) atoms. The monoisotopic (exact) mass is 229 g/mol. The molecule has 1 unspecified atom stereocenters. The molecule has 1 atom stereocenters. The molecule has 0 radical (unpaired) electrons. The quantitative estimate of drug-likeness (QED) is 0.757. The molecule has 1 N–H and O–H groups in total. The minimum Gasteiger partial charge on any atom is -0.492 e. The van der Waals surface area contributed by atoms with Gasteiger partial charge in [0.25, 0.3) is 0 Å². The fraction of sp³-hybridized carbons (Fsp3) is 0.500. The minimum atomic E-state index is -0.882. The van der Waals surface area contributed by atoms with E-state index in [1.165, 1.54) is 6.07 Å². The summed E-state index contributed by atoms with van der Waals surface area (Å²) in [5.41, 5.74) is 0. The SMILES string of the molecule is CCC(C)NCCOc1ccc(F)c(F)c1. The van der Waals surface area contributed by atoms with Crippen LogP contribution in [-0.4, -0.2) is 19.2 Å². The van der Waals surface area contributed by atoms with Gasteiger partial charge in [0.15, 0.2) is 11.6 Å². The van der Waals surface area contributed by atoms with E-state index in [2.05, 4.69) is 19.2 Å². The van der Waals surface area contributed by atoms with E-state index in [0.29, 0.717) is 24.9 Å². The lowest BCUT2D eigenvalue weighted by Gasteiger charge is -2.11. The maximum atomic E-state index is 12.8. The van der Waals surface area contributed by atoms with E-state index < -0.39 is 11.6 Å². The van der Waals surface area contributed by atoms with Gasteiger partial charge in [-0.1, -0.05) is 6.92 Å². The van der Waals surface area contributed by atoms with Gasteiger partial charge in [0, 0.05) is 18.7 Å². The summed E-state index contributed by atoms with van der Waals surface area (Å²) in [7, 11) is 0. The van der Waals surface area contributed by atoms with Crippen molar-refractivity contribution >= 4 is 0 Å². The topological polar surface area (TPSA) is 21.3 Å². The van der Waals surface area contributed by atoms with Crippen molar-refractivity contribution in [2.45, 2.75) is 26.3 Å². The lowest BCUT2D eigenvalue weighted by molar-refractivity contribution is 0.303. The molecule has 4 heteroatoms. The molecule has 0 aliphatic heterocycles. The molecule has 2 nitrogen and oxygen atoms in total. The molecule has 0 bridgehead atoms. The largest absolute Gasteiger partial charge is 0.492 e. The molecule has 1 aromatic carbocycles. The fourth-order valence-electron chi connectivity index (χ4n) is 1.19. The van der Waals surface area contributed by atoms with Gasteiger partial charge in [0.1, 0.15) is 12.4 Å². The molecular formula is C12H17F2NO. The summed E-state index contributed by atoms with van der Waals surface area (Å²) in [6, 6.07) is 3.97. The summed E-state index contributed by atoms with van der Waals surface area (Å²) in [6.07, 6.45) is 1.05. The van der Waals surface area contributed by atoms with Crippen LogP contribution in [0, 0.1) is 11.6 Å². The maximum absolute atomic E-state index is 12.8. The molecule has 0 aliphatic rings. The zero-order valence-corrected chi connectivity index (χ0v) is 9.59. The van der Waals surface area contributed by atoms with Crippen LogP contribution in [0.4, 0.5) is 8.78 Å². The molecule has 90 valence electrons. The summed E-state index contributed by atoms with van der Waals surface area (Å²) in [5, 5.41) is 3.24. The predicted molar refractivity (Wildman–Crippen MR) is 59.6 cm³/mol. The van der Waals surface area contributed by atoms with E-state index in [0.717, 1.165) is 18.6 Å². The third kappa shape index (κ3) is 4.14. The highest BCUT2D eigenvalue weighted by atomic mass is 19.2. The second kappa shape index (κ2) is 6.43. The molecule has 0 spiro atoms. The van der Waals surface area contributed by atoms with Crippen molar-refractivity contribution in [2.75, 3.05) is 13.2 Å². The van der Waals surface area contributed by atoms with Crippen LogP contribution in [0.3, 0.4) is 0 Å². The van der Waals surface area contributed by atoms with E-state index in [1.54, 1.807) is 0 Å². The first-order valence-corrected chi connectivity index (χ1v) is 5.44. The highest BCUT2D eigenvalue weighted by Crippen LogP contribution is 2.14. The number of nitrogens with one attached hydrogen (secondary N) is 1. The second-order valence-electron chi connectivity index (χ2n) is 3.69. The average molecular weight is 229 g/mol. The van der Waals surface area contributed by atoms with Crippen LogP contribution in [-0.2, 0) is 0 Å². The normalized spacial score (nSPS) is 12.5. The van der Waals surface area contributed by atoms with Crippen LogP contribution in [0.5, 0.6) is 5.75 Å². The Hall–Kier alpha value is -1.16. The van der Waals surface area contributed by atoms with E-state index >= 15 is 0 Å². The van der Waals surface area contributed by atoms with Gasteiger partial charge in [0.05, 0.1) is 0 Å². The average Bonchev–Trinajstić information content (AvgIpc) is 2.28. The predicted octanol–water partition coefficient (Wildman–Crippen LogP) is 2.73. The van der Waals surface area contributed by atoms with Crippen molar-refractivity contribution in [1.82, 2.24) is 5.32 Å². The van der Waals surface area contributed by atoms with E-state index in [4.69, 9.17) is 4.74 Å². The van der Waals surface area contributed by atoms with E-state index in [9.17, 15) is 8.78 Å². The van der Waals surface area contributed by atoms with Gasteiger partial charge in [0.2, 0.25) is 0 Å². The lowest BCUT2D eigenvalue weighted by Crippen LogP contribution is -2.29. The lowest BCUT2D eigenvalue weighted by atomic mass is 10.3. The van der Waals surface area contributed by atoms with Gasteiger partial charge < -0.3 is 10.1 Å². The van der Waals surface area contributed by atoms with Gasteiger partial charge in [-0.05, 0) is 25.5 Å². The highest BCUT2D eigenvalue weighted by molar-refractivity contribution is 5.23. The first kappa shape index (κ1) is 12.9. The summed E-state index contributed by atoms with van der Waals surface area (Å²) in [5.74, 6) is -1.39. The van der Waals surface area contributed by atoms with Gasteiger partial charge in [-0.25, -0.2) is 8.78 Å². The summed E-state index contributed by atoms with van der Waals surface area (Å²) >= 11 is 0. The van der Waals surface area contributed by atoms with Crippen LogP contribution < -0.4 is 10.1 Å². The van der Waals surface area contributed by atoms with Gasteiger partial charge in [-0.3, -0.25) is 0 Å². The molecule has 0 saturated carbocycles. The third-order valence-corrected chi connectivity index (χ3v) is 2.37. The smallest absolute Gasteiger partial charge is 0.162 e. The minimum absolute atomic E-state index is 0.352. The number of benzene rings is 1. The summed E-state index contributed by atoms with van der Waals surface area (Å²) in [6.45, 7) is 5.30. The van der Waals surface area contributed by atoms with Crippen molar-refractivity contribution in [3.63, 3.8) is 0 Å². The number of ether oxygens (including phenoxy) is 1. The standard InChI is InChI=1S/C12H17F2NO/c1-3-9(2)15-6-7-16-10-4-5-11(13)12(14)8-10/h4-5,8-9,15H,3,6-7H2,1-2H3. The number of hydrogen-bond acceptors (Lipinski definition) is 2. The van der Waals surface area contributed by atoms with Crippen molar-refractivity contribution in [3.8, 4) is 5.75 Å². The van der Waals surface area contributed by atoms with Crippen molar-refractivity contribution in [2.24, 2.45) is 0 Å². The Morgan fingerprint density at radius 2 is 2.06 bits per heavy atom. The van der Waals surface area contributed by atoms with Crippen molar-refractivity contribution < 1.29 is 13.5 Å². The Morgan fingerprint density at radius 1 is 1.31 bits per heavy atom. The molecule has 0 heterocycles. The Morgan fingerprint density at radius 3 is 2.69 bits per heavy atom. The molecule has 0 aromatic heterocycles. The maximum Gasteiger partial charge on any atom is 0.162 e. The second-order valence-corrected chi connectivity index (χ2v) is 3.69. The molecule has 0 saturated heterocycles. The highest BCUT2D eigenvalue weighted by Gasteiger charge is 2.03. The van der Waals surface area contributed by atoms with Gasteiger partial charge in [-0.2, -0.15) is 0 Å². The van der Waals surface area contributed by atoms with Crippen LogP contribution in [0.15, 0.2) is 18.2 Å². The number of halogens is 2. The molecular weight excluding hydrogens is 212 g/mol. The Bertz CT molecular complexity index is 331. The Labute approximate surface area is 94.6 Å². The van der Waals surface area contributed by atoms with Crippen LogP contribution >= 0.6 is 0 Å². The van der Waals surface area contributed by atoms with Crippen molar-refractivity contribution in [1.29, 1.82) is 0 Å². The first-order valence-electron chi connectivity index (χ1n) is 5.44.